The number of amides is 3. The summed E-state index contributed by atoms with van der Waals surface area (Å²) in [6.45, 7) is 8.58. The average Bonchev–Trinajstić information content (AvgIpc) is 3.21. The maximum absolute atomic E-state index is 13.6. The van der Waals surface area contributed by atoms with E-state index in [0.29, 0.717) is 11.1 Å². The minimum absolute atomic E-state index is 0.0724. The SMILES string of the molecule is Cn1ccn2cc(C(C#N)NC(=O)[C@@H]3[C@@H]4[C@H](CN3C(=O)C(NC(=O)C(F)(F)F)C(C)(C)C)C4(C)C)cc2c1=O. The van der Waals surface area contributed by atoms with E-state index in [0.717, 1.165) is 0 Å². The predicted molar refractivity (Wildman–Crippen MR) is 133 cm³/mol. The zero-order valence-electron chi connectivity index (χ0n) is 22.5. The van der Waals surface area contributed by atoms with Gasteiger partial charge in [0.1, 0.15) is 23.6 Å². The fraction of sp³-hybridized carbons (Fsp3) is 0.577. The molecule has 1 saturated carbocycles. The van der Waals surface area contributed by atoms with Crippen LogP contribution in [0.15, 0.2) is 29.5 Å². The van der Waals surface area contributed by atoms with Crippen molar-refractivity contribution in [3.05, 3.63) is 40.6 Å². The number of piperidine rings is 1. The molecule has 3 amide bonds. The van der Waals surface area contributed by atoms with Gasteiger partial charge in [-0.3, -0.25) is 19.2 Å². The van der Waals surface area contributed by atoms with Crippen LogP contribution < -0.4 is 16.2 Å². The second-order valence-corrected chi connectivity index (χ2v) is 12.0. The lowest BCUT2D eigenvalue weighted by atomic mass is 9.85. The third-order valence-electron chi connectivity index (χ3n) is 8.02. The van der Waals surface area contributed by atoms with Crippen molar-refractivity contribution in [3.63, 3.8) is 0 Å². The fourth-order valence-electron chi connectivity index (χ4n) is 5.63. The first-order valence-electron chi connectivity index (χ1n) is 12.4. The molecule has 10 nitrogen and oxygen atoms in total. The molecule has 0 bridgehead atoms. The zero-order valence-corrected chi connectivity index (χ0v) is 22.5. The Labute approximate surface area is 222 Å². The smallest absolute Gasteiger partial charge is 0.336 e. The molecule has 2 aromatic rings. The Morgan fingerprint density at radius 2 is 1.79 bits per heavy atom. The van der Waals surface area contributed by atoms with E-state index in [9.17, 15) is 37.6 Å². The minimum atomic E-state index is -5.18. The minimum Gasteiger partial charge on any atom is -0.336 e. The van der Waals surface area contributed by atoms with Gasteiger partial charge in [0.05, 0.1) is 6.07 Å². The third kappa shape index (κ3) is 4.88. The van der Waals surface area contributed by atoms with Crippen LogP contribution in [0.5, 0.6) is 0 Å². The van der Waals surface area contributed by atoms with Crippen molar-refractivity contribution in [1.82, 2.24) is 24.5 Å². The highest BCUT2D eigenvalue weighted by molar-refractivity contribution is 5.95. The molecule has 1 aliphatic heterocycles. The molecule has 0 spiro atoms. The molecule has 1 saturated heterocycles. The van der Waals surface area contributed by atoms with Gasteiger partial charge in [-0.2, -0.15) is 18.4 Å². The number of aromatic nitrogens is 2. The standard InChI is InChI=1S/C26H31F3N6O4/c1-24(2,3)19(32-23(39)26(27,28)29)22(38)35-12-14-17(25(14,4)5)18(35)20(36)31-15(10-30)13-9-16-21(37)33(6)7-8-34(16)11-13/h7-9,11,14-15,17-19H,12H2,1-6H3,(H,31,36)(H,32,39)/t14-,15?,17-,18-,19?/m0/s1. The van der Waals surface area contributed by atoms with Gasteiger partial charge >= 0.3 is 12.1 Å². The number of halogens is 3. The molecule has 2 fully saturated rings. The Kier molecular flexibility index (Phi) is 6.60. The third-order valence-corrected chi connectivity index (χ3v) is 8.02. The number of carbonyl (C=O) groups is 3. The molecular formula is C26H31F3N6O4. The molecule has 5 atom stereocenters. The molecular weight excluding hydrogens is 517 g/mol. The molecule has 13 heteroatoms. The Balaban J connectivity index is 1.62. The summed E-state index contributed by atoms with van der Waals surface area (Å²) in [6.07, 6.45) is -0.445. The highest BCUT2D eigenvalue weighted by Gasteiger charge is 2.70. The van der Waals surface area contributed by atoms with E-state index >= 15 is 0 Å². The summed E-state index contributed by atoms with van der Waals surface area (Å²) in [5.74, 6) is -4.02. The molecule has 2 aliphatic rings. The summed E-state index contributed by atoms with van der Waals surface area (Å²) in [7, 11) is 1.58. The summed E-state index contributed by atoms with van der Waals surface area (Å²) in [6, 6.07) is -0.228. The summed E-state index contributed by atoms with van der Waals surface area (Å²) in [5.41, 5.74) is -1.02. The number of rotatable bonds is 5. The Bertz CT molecular complexity index is 1440. The molecule has 39 heavy (non-hydrogen) atoms. The van der Waals surface area contributed by atoms with E-state index in [1.54, 1.807) is 25.6 Å². The number of aryl methyl sites for hydroxylation is 1. The average molecular weight is 549 g/mol. The van der Waals surface area contributed by atoms with E-state index in [1.807, 2.05) is 25.2 Å². The quantitative estimate of drug-likeness (QED) is 0.590. The van der Waals surface area contributed by atoms with Crippen molar-refractivity contribution < 1.29 is 27.6 Å². The van der Waals surface area contributed by atoms with Crippen LogP contribution in [0.1, 0.15) is 46.2 Å². The van der Waals surface area contributed by atoms with Crippen LogP contribution in [0.25, 0.3) is 5.52 Å². The van der Waals surface area contributed by atoms with Gasteiger partial charge in [0.2, 0.25) is 11.8 Å². The molecule has 2 unspecified atom stereocenters. The monoisotopic (exact) mass is 548 g/mol. The Morgan fingerprint density at radius 1 is 1.15 bits per heavy atom. The van der Waals surface area contributed by atoms with E-state index in [2.05, 4.69) is 5.32 Å². The number of likely N-dealkylation sites (tertiary alicyclic amines) is 1. The topological polar surface area (TPSA) is 129 Å². The van der Waals surface area contributed by atoms with E-state index in [-0.39, 0.29) is 29.4 Å². The summed E-state index contributed by atoms with van der Waals surface area (Å²) < 4.78 is 42.0. The van der Waals surface area contributed by atoms with Crippen molar-refractivity contribution in [1.29, 1.82) is 5.26 Å². The van der Waals surface area contributed by atoms with Gasteiger partial charge in [-0.05, 0) is 28.7 Å². The second-order valence-electron chi connectivity index (χ2n) is 12.0. The van der Waals surface area contributed by atoms with Crippen LogP contribution in [0.4, 0.5) is 13.2 Å². The Morgan fingerprint density at radius 3 is 2.36 bits per heavy atom. The van der Waals surface area contributed by atoms with Gasteiger partial charge in [-0.15, -0.1) is 0 Å². The van der Waals surface area contributed by atoms with Gasteiger partial charge in [0.15, 0.2) is 0 Å². The largest absolute Gasteiger partial charge is 0.471 e. The van der Waals surface area contributed by atoms with E-state index in [4.69, 9.17) is 0 Å². The molecule has 0 aromatic carbocycles. The highest BCUT2D eigenvalue weighted by atomic mass is 19.4. The van der Waals surface area contributed by atoms with Gasteiger partial charge < -0.3 is 24.5 Å². The van der Waals surface area contributed by atoms with Crippen LogP contribution >= 0.6 is 0 Å². The van der Waals surface area contributed by atoms with Crippen LogP contribution in [0.3, 0.4) is 0 Å². The first kappa shape index (κ1) is 28.2. The van der Waals surface area contributed by atoms with Crippen LogP contribution in [-0.2, 0) is 21.4 Å². The van der Waals surface area contributed by atoms with Crippen LogP contribution in [0.2, 0.25) is 0 Å². The second kappa shape index (κ2) is 9.14. The number of carbonyl (C=O) groups excluding carboxylic acids is 3. The fourth-order valence-corrected chi connectivity index (χ4v) is 5.63. The molecule has 2 aromatic heterocycles. The van der Waals surface area contributed by atoms with Crippen molar-refractivity contribution in [2.24, 2.45) is 29.7 Å². The maximum Gasteiger partial charge on any atom is 0.471 e. The number of nitrogens with one attached hydrogen (secondary N) is 2. The summed E-state index contributed by atoms with van der Waals surface area (Å²) in [5, 5.41) is 14.3. The highest BCUT2D eigenvalue weighted by Crippen LogP contribution is 2.65. The number of alkyl halides is 3. The molecule has 2 N–H and O–H groups in total. The summed E-state index contributed by atoms with van der Waals surface area (Å²) >= 11 is 0. The van der Waals surface area contributed by atoms with Crippen molar-refractivity contribution in [2.45, 2.75) is 58.9 Å². The van der Waals surface area contributed by atoms with Gasteiger partial charge in [0.25, 0.3) is 5.56 Å². The van der Waals surface area contributed by atoms with Gasteiger partial charge in [-0.25, -0.2) is 0 Å². The number of nitrogens with zero attached hydrogens (tertiary/aromatic N) is 4. The van der Waals surface area contributed by atoms with Crippen LogP contribution in [0, 0.1) is 34.0 Å². The predicted octanol–water partition coefficient (Wildman–Crippen LogP) is 1.90. The Hall–Kier alpha value is -3.82. The molecule has 3 heterocycles. The number of nitriles is 1. The molecule has 1 aliphatic carbocycles. The first-order chi connectivity index (χ1) is 17.9. The number of hydrogen-bond acceptors (Lipinski definition) is 5. The lowest BCUT2D eigenvalue weighted by molar-refractivity contribution is -0.176. The lowest BCUT2D eigenvalue weighted by Gasteiger charge is -2.37. The normalized spacial score (nSPS) is 23.5. The van der Waals surface area contributed by atoms with Crippen LogP contribution in [-0.4, -0.2) is 56.4 Å². The zero-order chi connectivity index (χ0) is 29.2. The van der Waals surface area contributed by atoms with Crippen molar-refractivity contribution >= 4 is 23.2 Å². The van der Waals surface area contributed by atoms with Gasteiger partial charge in [-0.1, -0.05) is 34.6 Å². The maximum atomic E-state index is 13.6. The summed E-state index contributed by atoms with van der Waals surface area (Å²) in [4.78, 5) is 52.6. The first-order valence-corrected chi connectivity index (χ1v) is 12.4. The van der Waals surface area contributed by atoms with Crippen molar-refractivity contribution in [3.8, 4) is 6.07 Å². The van der Waals surface area contributed by atoms with Gasteiger partial charge in [0, 0.05) is 37.7 Å². The number of fused-ring (bicyclic) bond motifs is 2. The molecule has 0 radical (unpaired) electrons. The number of hydrogen-bond donors (Lipinski definition) is 2. The van der Waals surface area contributed by atoms with E-state index < -0.39 is 47.4 Å². The lowest BCUT2D eigenvalue weighted by Crippen LogP contribution is -2.60. The van der Waals surface area contributed by atoms with Crippen molar-refractivity contribution in [2.75, 3.05) is 6.54 Å². The molecule has 4 rings (SSSR count). The van der Waals surface area contributed by atoms with E-state index in [1.165, 1.54) is 40.7 Å². The molecule has 210 valence electrons.